The number of carbonyl (C=O) groups is 2. The molecule has 1 fully saturated rings. The molecule has 20 heavy (non-hydrogen) atoms. The number of imide groups is 1. The Morgan fingerprint density at radius 1 is 1.15 bits per heavy atom. The molecule has 3 rings (SSSR count). The van der Waals surface area contributed by atoms with E-state index < -0.39 is 0 Å². The molecule has 5 nitrogen and oxygen atoms in total. The second-order valence-electron chi connectivity index (χ2n) is 4.88. The predicted molar refractivity (Wildman–Crippen MR) is 76.0 cm³/mol. The van der Waals surface area contributed by atoms with Crippen molar-refractivity contribution in [2.24, 2.45) is 5.73 Å². The summed E-state index contributed by atoms with van der Waals surface area (Å²) in [5.74, 6) is -0.230. The van der Waals surface area contributed by atoms with Crippen LogP contribution in [0.15, 0.2) is 42.5 Å². The van der Waals surface area contributed by atoms with Crippen LogP contribution in [-0.2, 0) is 4.79 Å². The monoisotopic (exact) mass is 269 g/mol. The first-order valence-corrected chi connectivity index (χ1v) is 6.47. The number of benzene rings is 2. The van der Waals surface area contributed by atoms with Crippen molar-refractivity contribution in [2.45, 2.75) is 6.04 Å². The second-order valence-corrected chi connectivity index (χ2v) is 4.88. The van der Waals surface area contributed by atoms with Crippen molar-refractivity contribution in [1.29, 1.82) is 0 Å². The van der Waals surface area contributed by atoms with Crippen molar-refractivity contribution in [2.75, 3.05) is 13.1 Å². The summed E-state index contributed by atoms with van der Waals surface area (Å²) >= 11 is 0. The van der Waals surface area contributed by atoms with Crippen LogP contribution in [0.4, 0.5) is 4.79 Å². The van der Waals surface area contributed by atoms with Gasteiger partial charge in [0, 0.05) is 12.6 Å². The minimum absolute atomic E-state index is 0.0588. The number of nitrogens with two attached hydrogens (primary N) is 1. The number of hydrogen-bond donors (Lipinski definition) is 2. The molecule has 0 spiro atoms. The number of hydrogen-bond acceptors (Lipinski definition) is 3. The molecule has 5 heteroatoms. The summed E-state index contributed by atoms with van der Waals surface area (Å²) in [5.41, 5.74) is 7.03. The summed E-state index contributed by atoms with van der Waals surface area (Å²) in [4.78, 5) is 24.2. The van der Waals surface area contributed by atoms with Crippen LogP contribution in [0.5, 0.6) is 0 Å². The smallest absolute Gasteiger partial charge is 0.324 e. The highest BCUT2D eigenvalue weighted by atomic mass is 16.2. The molecule has 0 saturated carbocycles. The molecule has 1 heterocycles. The highest BCUT2D eigenvalue weighted by Crippen LogP contribution is 2.20. The Morgan fingerprint density at radius 2 is 1.90 bits per heavy atom. The fraction of sp³-hybridized carbons (Fsp3) is 0.200. The van der Waals surface area contributed by atoms with E-state index in [9.17, 15) is 9.59 Å². The summed E-state index contributed by atoms with van der Waals surface area (Å²) in [6.45, 7) is 0.256. The van der Waals surface area contributed by atoms with Gasteiger partial charge in [-0.2, -0.15) is 0 Å². The molecule has 3 amide bonds. The SMILES string of the molecule is NC(CN1C(=O)CNC1=O)c1ccc2ccccc2c1. The quantitative estimate of drug-likeness (QED) is 0.827. The van der Waals surface area contributed by atoms with Crippen LogP contribution in [0.25, 0.3) is 10.8 Å². The molecule has 3 N–H and O–H groups in total. The third-order valence-corrected chi connectivity index (χ3v) is 3.52. The Bertz CT molecular complexity index is 668. The lowest BCUT2D eigenvalue weighted by atomic mass is 10.0. The Labute approximate surface area is 116 Å². The number of nitrogens with zero attached hydrogens (tertiary/aromatic N) is 1. The number of amides is 3. The number of fused-ring (bicyclic) bond motifs is 1. The van der Waals surface area contributed by atoms with E-state index in [2.05, 4.69) is 5.32 Å². The third kappa shape index (κ3) is 2.23. The lowest BCUT2D eigenvalue weighted by Crippen LogP contribution is -2.37. The molecule has 0 radical (unpaired) electrons. The molecule has 2 aromatic carbocycles. The number of nitrogens with one attached hydrogen (secondary N) is 1. The van der Waals surface area contributed by atoms with Gasteiger partial charge in [0.25, 0.3) is 0 Å². The van der Waals surface area contributed by atoms with Gasteiger partial charge in [-0.3, -0.25) is 9.69 Å². The fourth-order valence-electron chi connectivity index (χ4n) is 2.38. The third-order valence-electron chi connectivity index (χ3n) is 3.52. The first-order chi connectivity index (χ1) is 9.65. The predicted octanol–water partition coefficient (Wildman–Crippen LogP) is 1.39. The topological polar surface area (TPSA) is 75.4 Å². The summed E-state index contributed by atoms with van der Waals surface area (Å²) in [5, 5.41) is 4.72. The standard InChI is InChI=1S/C15H15N3O2/c16-13(9-18-14(19)8-17-15(18)20)12-6-5-10-3-1-2-4-11(10)7-12/h1-7,13H,8-9,16H2,(H,17,20). The van der Waals surface area contributed by atoms with E-state index in [4.69, 9.17) is 5.73 Å². The van der Waals surface area contributed by atoms with Crippen LogP contribution in [0.1, 0.15) is 11.6 Å². The van der Waals surface area contributed by atoms with E-state index in [1.54, 1.807) is 0 Å². The Morgan fingerprint density at radius 3 is 2.60 bits per heavy atom. The summed E-state index contributed by atoms with van der Waals surface area (Å²) in [6, 6.07) is 13.2. The average Bonchev–Trinajstić information content (AvgIpc) is 2.78. The first kappa shape index (κ1) is 12.6. The lowest BCUT2D eigenvalue weighted by Gasteiger charge is -2.18. The fourth-order valence-corrected chi connectivity index (χ4v) is 2.38. The van der Waals surface area contributed by atoms with Gasteiger partial charge >= 0.3 is 6.03 Å². The molecular formula is C15H15N3O2. The highest BCUT2D eigenvalue weighted by molar-refractivity contribution is 6.02. The van der Waals surface area contributed by atoms with Crippen LogP contribution in [0.2, 0.25) is 0 Å². The molecule has 1 aliphatic heterocycles. The maximum Gasteiger partial charge on any atom is 0.324 e. The van der Waals surface area contributed by atoms with Crippen molar-refractivity contribution in [3.05, 3.63) is 48.0 Å². The lowest BCUT2D eigenvalue weighted by molar-refractivity contribution is -0.125. The largest absolute Gasteiger partial charge is 0.329 e. The zero-order valence-corrected chi connectivity index (χ0v) is 10.9. The molecular weight excluding hydrogens is 254 g/mol. The van der Waals surface area contributed by atoms with Gasteiger partial charge in [0.05, 0.1) is 6.54 Å². The maximum atomic E-state index is 11.6. The van der Waals surface area contributed by atoms with Gasteiger partial charge < -0.3 is 11.1 Å². The van der Waals surface area contributed by atoms with Crippen molar-refractivity contribution in [3.8, 4) is 0 Å². The van der Waals surface area contributed by atoms with Crippen molar-refractivity contribution < 1.29 is 9.59 Å². The number of rotatable bonds is 3. The summed E-state index contributed by atoms with van der Waals surface area (Å²) < 4.78 is 0. The van der Waals surface area contributed by atoms with Gasteiger partial charge in [0.1, 0.15) is 0 Å². The normalized spacial score (nSPS) is 16.6. The van der Waals surface area contributed by atoms with Crippen LogP contribution < -0.4 is 11.1 Å². The summed E-state index contributed by atoms with van der Waals surface area (Å²) in [7, 11) is 0. The molecule has 2 aromatic rings. The Hall–Kier alpha value is -2.40. The van der Waals surface area contributed by atoms with Gasteiger partial charge in [-0.15, -0.1) is 0 Å². The molecule has 0 aromatic heterocycles. The molecule has 1 saturated heterocycles. The zero-order chi connectivity index (χ0) is 14.1. The molecule has 1 unspecified atom stereocenters. The number of carbonyl (C=O) groups excluding carboxylic acids is 2. The minimum atomic E-state index is -0.382. The molecule has 102 valence electrons. The Balaban J connectivity index is 1.83. The average molecular weight is 269 g/mol. The zero-order valence-electron chi connectivity index (χ0n) is 10.9. The van der Waals surface area contributed by atoms with Crippen LogP contribution in [-0.4, -0.2) is 29.9 Å². The van der Waals surface area contributed by atoms with Crippen LogP contribution >= 0.6 is 0 Å². The van der Waals surface area contributed by atoms with Crippen LogP contribution in [0, 0.1) is 0 Å². The Kier molecular flexibility index (Phi) is 3.12. The van der Waals surface area contributed by atoms with E-state index in [1.807, 2.05) is 42.5 Å². The van der Waals surface area contributed by atoms with Crippen molar-refractivity contribution in [3.63, 3.8) is 0 Å². The van der Waals surface area contributed by atoms with Crippen molar-refractivity contribution in [1.82, 2.24) is 10.2 Å². The molecule has 1 aliphatic rings. The minimum Gasteiger partial charge on any atom is -0.329 e. The van der Waals surface area contributed by atoms with E-state index in [1.165, 1.54) is 4.90 Å². The second kappa shape index (κ2) is 4.94. The van der Waals surface area contributed by atoms with E-state index >= 15 is 0 Å². The highest BCUT2D eigenvalue weighted by Gasteiger charge is 2.29. The molecule has 1 atom stereocenters. The van der Waals surface area contributed by atoms with Gasteiger partial charge in [0.2, 0.25) is 5.91 Å². The van der Waals surface area contributed by atoms with Crippen molar-refractivity contribution >= 4 is 22.7 Å². The first-order valence-electron chi connectivity index (χ1n) is 6.47. The number of urea groups is 1. The van der Waals surface area contributed by atoms with Crippen LogP contribution in [0.3, 0.4) is 0 Å². The van der Waals surface area contributed by atoms with Gasteiger partial charge in [-0.25, -0.2) is 4.79 Å². The molecule has 0 aliphatic carbocycles. The van der Waals surface area contributed by atoms with Gasteiger partial charge in [0.15, 0.2) is 0 Å². The van der Waals surface area contributed by atoms with E-state index in [0.717, 1.165) is 16.3 Å². The van der Waals surface area contributed by atoms with Gasteiger partial charge in [-0.05, 0) is 22.4 Å². The molecule has 0 bridgehead atoms. The maximum absolute atomic E-state index is 11.6. The van der Waals surface area contributed by atoms with Gasteiger partial charge in [-0.1, -0.05) is 36.4 Å². The summed E-state index contributed by atoms with van der Waals surface area (Å²) in [6.07, 6.45) is 0. The van der Waals surface area contributed by atoms with E-state index in [-0.39, 0.29) is 31.1 Å². The van der Waals surface area contributed by atoms with E-state index in [0.29, 0.717) is 0 Å².